The van der Waals surface area contributed by atoms with E-state index in [9.17, 15) is 0 Å². The highest BCUT2D eigenvalue weighted by Crippen LogP contribution is 2.43. The van der Waals surface area contributed by atoms with E-state index in [4.69, 9.17) is 4.74 Å². The summed E-state index contributed by atoms with van der Waals surface area (Å²) in [5.74, 6) is 0. The second kappa shape index (κ2) is 1.76. The maximum absolute atomic E-state index is 5.77. The van der Waals surface area contributed by atoms with Gasteiger partial charge in [0.15, 0.2) is 0 Å². The Hall–Kier alpha value is 0.400. The summed E-state index contributed by atoms with van der Waals surface area (Å²) in [7, 11) is 0. The van der Waals surface area contributed by atoms with Gasteiger partial charge in [0.2, 0.25) is 0 Å². The van der Waals surface area contributed by atoms with Gasteiger partial charge in [-0.25, -0.2) is 0 Å². The first-order valence-electron chi connectivity index (χ1n) is 3.90. The predicted molar refractivity (Wildman–Crippen MR) is 41.4 cm³/mol. The van der Waals surface area contributed by atoms with Crippen molar-refractivity contribution in [3.05, 3.63) is 0 Å². The van der Waals surface area contributed by atoms with Crippen LogP contribution in [0.15, 0.2) is 0 Å². The molecular formula is C7H10BrNO. The van der Waals surface area contributed by atoms with Crippen molar-refractivity contribution in [1.29, 1.82) is 0 Å². The Morgan fingerprint density at radius 3 is 2.90 bits per heavy atom. The summed E-state index contributed by atoms with van der Waals surface area (Å²) < 4.78 is 5.77. The summed E-state index contributed by atoms with van der Waals surface area (Å²) in [5, 5.41) is 0. The molecule has 3 rings (SSSR count). The number of ether oxygens (including phenoxy) is 1. The molecule has 0 amide bonds. The zero-order valence-corrected chi connectivity index (χ0v) is 7.25. The third-order valence-electron chi connectivity index (χ3n) is 2.95. The van der Waals surface area contributed by atoms with Gasteiger partial charge in [-0.2, -0.15) is 0 Å². The molecule has 0 N–H and O–H groups in total. The minimum Gasteiger partial charge on any atom is -0.371 e. The predicted octanol–water partition coefficient (Wildman–Crippen LogP) is 0.605. The van der Waals surface area contributed by atoms with E-state index in [1.807, 2.05) is 0 Å². The van der Waals surface area contributed by atoms with Gasteiger partial charge in [0.05, 0.1) is 23.1 Å². The second-order valence-corrected chi connectivity index (χ2v) is 4.49. The molecule has 3 aliphatic rings. The molecule has 2 bridgehead atoms. The Kier molecular flexibility index (Phi) is 1.05. The van der Waals surface area contributed by atoms with E-state index in [0.29, 0.717) is 23.1 Å². The second-order valence-electron chi connectivity index (χ2n) is 3.43. The van der Waals surface area contributed by atoms with E-state index < -0.39 is 0 Å². The van der Waals surface area contributed by atoms with E-state index in [1.54, 1.807) is 0 Å². The van der Waals surface area contributed by atoms with Crippen LogP contribution in [-0.2, 0) is 4.74 Å². The first-order valence-corrected chi connectivity index (χ1v) is 4.81. The number of rotatable bonds is 0. The fourth-order valence-corrected chi connectivity index (χ4v) is 3.48. The monoisotopic (exact) mass is 203 g/mol. The van der Waals surface area contributed by atoms with Crippen LogP contribution in [-0.4, -0.2) is 41.1 Å². The first kappa shape index (κ1) is 5.98. The molecule has 1 unspecified atom stereocenters. The highest BCUT2D eigenvalue weighted by atomic mass is 79.9. The molecule has 0 spiro atoms. The fraction of sp³-hybridized carbons (Fsp3) is 1.00. The highest BCUT2D eigenvalue weighted by molar-refractivity contribution is 9.09. The zero-order chi connectivity index (χ0) is 6.72. The molecule has 10 heavy (non-hydrogen) atoms. The minimum absolute atomic E-state index is 0.498. The van der Waals surface area contributed by atoms with Gasteiger partial charge in [0.1, 0.15) is 0 Å². The lowest BCUT2D eigenvalue weighted by atomic mass is 10.1. The van der Waals surface area contributed by atoms with E-state index in [2.05, 4.69) is 20.8 Å². The third-order valence-corrected chi connectivity index (χ3v) is 4.08. The fourth-order valence-electron chi connectivity index (χ4n) is 2.51. The number of alkyl halides is 1. The Labute approximate surface area is 68.7 Å². The van der Waals surface area contributed by atoms with Gasteiger partial charge in [-0.3, -0.25) is 4.90 Å². The van der Waals surface area contributed by atoms with Crippen LogP contribution < -0.4 is 0 Å². The van der Waals surface area contributed by atoms with Gasteiger partial charge in [-0.05, 0) is 6.42 Å². The Morgan fingerprint density at radius 1 is 1.40 bits per heavy atom. The summed E-state index contributed by atoms with van der Waals surface area (Å²) in [4.78, 5) is 3.18. The lowest BCUT2D eigenvalue weighted by molar-refractivity contribution is 0.00997. The van der Waals surface area contributed by atoms with Crippen LogP contribution in [0.1, 0.15) is 6.42 Å². The lowest BCUT2D eigenvalue weighted by Crippen LogP contribution is -2.34. The van der Waals surface area contributed by atoms with Crippen molar-refractivity contribution in [2.45, 2.75) is 29.5 Å². The highest BCUT2D eigenvalue weighted by Gasteiger charge is 2.55. The topological polar surface area (TPSA) is 12.5 Å². The van der Waals surface area contributed by atoms with Gasteiger partial charge in [-0.15, -0.1) is 0 Å². The molecule has 3 fully saturated rings. The van der Waals surface area contributed by atoms with Crippen molar-refractivity contribution < 1.29 is 4.74 Å². The molecule has 3 heterocycles. The maximum Gasteiger partial charge on any atom is 0.0847 e. The minimum atomic E-state index is 0.498. The summed E-state index contributed by atoms with van der Waals surface area (Å²) in [5.41, 5.74) is 0. The maximum atomic E-state index is 5.77. The van der Waals surface area contributed by atoms with E-state index in [1.165, 1.54) is 13.0 Å². The summed E-state index contributed by atoms with van der Waals surface area (Å²) in [6, 6.07) is 0.713. The zero-order valence-electron chi connectivity index (χ0n) is 5.66. The molecule has 3 saturated heterocycles. The standard InChI is InChI=1S/C7H10BrNO/c8-6-5-3-9-2-1-4(10-5)7(6)9/h4-7H,1-3H2/t4-,5+,6+,7?/m0/s1. The smallest absolute Gasteiger partial charge is 0.0847 e. The van der Waals surface area contributed by atoms with Crippen LogP contribution in [0.25, 0.3) is 0 Å². The Morgan fingerprint density at radius 2 is 2.30 bits per heavy atom. The molecule has 3 aliphatic heterocycles. The van der Waals surface area contributed by atoms with Gasteiger partial charge in [0, 0.05) is 13.1 Å². The van der Waals surface area contributed by atoms with Crippen LogP contribution in [0, 0.1) is 0 Å². The van der Waals surface area contributed by atoms with Crippen molar-refractivity contribution in [3.8, 4) is 0 Å². The number of morpholine rings is 1. The molecular weight excluding hydrogens is 194 g/mol. The number of halogens is 1. The van der Waals surface area contributed by atoms with E-state index >= 15 is 0 Å². The average Bonchev–Trinajstić information content (AvgIpc) is 2.44. The number of hydrogen-bond acceptors (Lipinski definition) is 2. The normalized spacial score (nSPS) is 58.5. The van der Waals surface area contributed by atoms with Crippen molar-refractivity contribution in [1.82, 2.24) is 4.90 Å². The van der Waals surface area contributed by atoms with Gasteiger partial charge >= 0.3 is 0 Å². The first-order chi connectivity index (χ1) is 4.86. The van der Waals surface area contributed by atoms with Gasteiger partial charge in [0.25, 0.3) is 0 Å². The lowest BCUT2D eigenvalue weighted by Gasteiger charge is -2.21. The quantitative estimate of drug-likeness (QED) is 0.536. The molecule has 56 valence electrons. The summed E-state index contributed by atoms with van der Waals surface area (Å²) in [6.07, 6.45) is 2.31. The molecule has 0 saturated carbocycles. The largest absolute Gasteiger partial charge is 0.371 e. The molecule has 3 heteroatoms. The van der Waals surface area contributed by atoms with E-state index in [0.717, 1.165) is 6.54 Å². The van der Waals surface area contributed by atoms with Crippen molar-refractivity contribution in [3.63, 3.8) is 0 Å². The Balaban J connectivity index is 2.01. The van der Waals surface area contributed by atoms with Crippen LogP contribution in [0.2, 0.25) is 0 Å². The van der Waals surface area contributed by atoms with Crippen LogP contribution in [0.3, 0.4) is 0 Å². The molecule has 0 radical (unpaired) electrons. The van der Waals surface area contributed by atoms with Gasteiger partial charge < -0.3 is 4.74 Å². The van der Waals surface area contributed by atoms with E-state index in [-0.39, 0.29) is 0 Å². The number of fused-ring (bicyclic) bond motifs is 1. The van der Waals surface area contributed by atoms with Crippen molar-refractivity contribution in [2.24, 2.45) is 0 Å². The SMILES string of the molecule is Br[C@H]1C2[C@@H]3CCN2C[C@H]1O3. The van der Waals surface area contributed by atoms with Crippen molar-refractivity contribution in [2.75, 3.05) is 13.1 Å². The summed E-state index contributed by atoms with van der Waals surface area (Å²) in [6.45, 7) is 2.42. The van der Waals surface area contributed by atoms with Crippen molar-refractivity contribution >= 4 is 15.9 Å². The summed E-state index contributed by atoms with van der Waals surface area (Å²) >= 11 is 3.69. The molecule has 0 aromatic heterocycles. The number of nitrogens with zero attached hydrogens (tertiary/aromatic N) is 1. The number of hydrogen-bond donors (Lipinski definition) is 0. The van der Waals surface area contributed by atoms with Crippen LogP contribution in [0.4, 0.5) is 0 Å². The third kappa shape index (κ3) is 0.532. The van der Waals surface area contributed by atoms with Gasteiger partial charge in [-0.1, -0.05) is 15.9 Å². The average molecular weight is 204 g/mol. The molecule has 2 nitrogen and oxygen atoms in total. The molecule has 0 aromatic carbocycles. The molecule has 0 aromatic rings. The van der Waals surface area contributed by atoms with Crippen LogP contribution >= 0.6 is 15.9 Å². The molecule has 0 aliphatic carbocycles. The molecule has 4 atom stereocenters. The van der Waals surface area contributed by atoms with Crippen LogP contribution in [0.5, 0.6) is 0 Å². The Bertz CT molecular complexity index is 158.